The topological polar surface area (TPSA) is 30.5 Å². The monoisotopic (exact) mass is 291 g/mol. The van der Waals surface area contributed by atoms with E-state index < -0.39 is 19.2 Å². The van der Waals surface area contributed by atoms with Crippen LogP contribution in [0.25, 0.3) is 0 Å². The maximum Gasteiger partial charge on any atom is 0.392 e. The van der Waals surface area contributed by atoms with Gasteiger partial charge in [-0.3, -0.25) is 0 Å². The quantitative estimate of drug-likeness (QED) is 0.831. The molecule has 114 valence electrons. The van der Waals surface area contributed by atoms with Crippen LogP contribution >= 0.6 is 0 Å². The van der Waals surface area contributed by atoms with Gasteiger partial charge in [-0.1, -0.05) is 13.0 Å². The Morgan fingerprint density at radius 1 is 1.25 bits per heavy atom. The van der Waals surface area contributed by atoms with Crippen LogP contribution in [-0.4, -0.2) is 26.4 Å². The molecule has 1 rings (SSSR count). The molecule has 0 fully saturated rings. The van der Waals surface area contributed by atoms with Crippen LogP contribution in [0.4, 0.5) is 13.2 Å². The minimum atomic E-state index is -4.22. The molecule has 20 heavy (non-hydrogen) atoms. The third-order valence-corrected chi connectivity index (χ3v) is 2.84. The number of hydrogen-bond donors (Lipinski definition) is 1. The van der Waals surface area contributed by atoms with E-state index in [-0.39, 0.29) is 6.04 Å². The lowest BCUT2D eigenvalue weighted by Gasteiger charge is -2.16. The summed E-state index contributed by atoms with van der Waals surface area (Å²) in [7, 11) is 1.47. The first-order chi connectivity index (χ1) is 9.37. The van der Waals surface area contributed by atoms with E-state index in [0.29, 0.717) is 11.5 Å². The molecule has 0 heterocycles. The Hall–Kier alpha value is -1.43. The molecule has 1 aromatic rings. The van der Waals surface area contributed by atoms with Gasteiger partial charge in [-0.05, 0) is 31.2 Å². The normalized spacial score (nSPS) is 13.1. The number of hydrogen-bond acceptors (Lipinski definition) is 3. The average Bonchev–Trinajstić information content (AvgIpc) is 2.37. The van der Waals surface area contributed by atoms with E-state index >= 15 is 0 Å². The number of ether oxygens (including phenoxy) is 2. The molecule has 0 aliphatic rings. The highest BCUT2D eigenvalue weighted by molar-refractivity contribution is 5.43. The van der Waals surface area contributed by atoms with E-state index in [2.05, 4.69) is 5.32 Å². The average molecular weight is 291 g/mol. The van der Waals surface area contributed by atoms with Gasteiger partial charge in [-0.2, -0.15) is 13.2 Å². The van der Waals surface area contributed by atoms with Crippen molar-refractivity contribution in [3.05, 3.63) is 23.8 Å². The van der Waals surface area contributed by atoms with Crippen molar-refractivity contribution >= 4 is 0 Å². The Kier molecular flexibility index (Phi) is 6.13. The lowest BCUT2D eigenvalue weighted by molar-refractivity contribution is -0.139. The van der Waals surface area contributed by atoms with E-state index in [1.54, 1.807) is 12.1 Å². The van der Waals surface area contributed by atoms with Crippen molar-refractivity contribution in [3.63, 3.8) is 0 Å². The molecular weight excluding hydrogens is 271 g/mol. The van der Waals surface area contributed by atoms with Crippen LogP contribution in [0.1, 0.15) is 31.9 Å². The van der Waals surface area contributed by atoms with E-state index in [1.165, 1.54) is 7.11 Å². The van der Waals surface area contributed by atoms with Gasteiger partial charge < -0.3 is 14.8 Å². The Morgan fingerprint density at radius 3 is 2.50 bits per heavy atom. The highest BCUT2D eigenvalue weighted by atomic mass is 19.4. The molecule has 6 heteroatoms. The molecular formula is C14H20F3NO2. The molecule has 0 saturated heterocycles. The molecule has 1 atom stereocenters. The van der Waals surface area contributed by atoms with Crippen LogP contribution in [0.15, 0.2) is 18.2 Å². The Bertz CT molecular complexity index is 421. The standard InChI is InChI=1S/C14H20F3NO2/c1-4-18-10(2)11-5-6-12(13(9-11)19-3)20-8-7-14(15,16)17/h5-6,9-10,18H,4,7-8H2,1-3H3. The third-order valence-electron chi connectivity index (χ3n) is 2.84. The zero-order valence-corrected chi connectivity index (χ0v) is 11.9. The van der Waals surface area contributed by atoms with Crippen molar-refractivity contribution in [2.75, 3.05) is 20.3 Å². The highest BCUT2D eigenvalue weighted by Crippen LogP contribution is 2.31. The minimum Gasteiger partial charge on any atom is -0.493 e. The first kappa shape index (κ1) is 16.6. The largest absolute Gasteiger partial charge is 0.493 e. The number of benzene rings is 1. The summed E-state index contributed by atoms with van der Waals surface area (Å²) in [6.07, 6.45) is -5.20. The molecule has 0 aliphatic heterocycles. The fraction of sp³-hybridized carbons (Fsp3) is 0.571. The van der Waals surface area contributed by atoms with Gasteiger partial charge in [-0.15, -0.1) is 0 Å². The highest BCUT2D eigenvalue weighted by Gasteiger charge is 2.27. The summed E-state index contributed by atoms with van der Waals surface area (Å²) >= 11 is 0. The van der Waals surface area contributed by atoms with Crippen molar-refractivity contribution in [2.24, 2.45) is 0 Å². The zero-order valence-electron chi connectivity index (χ0n) is 11.9. The van der Waals surface area contributed by atoms with Gasteiger partial charge in [0.05, 0.1) is 20.1 Å². The minimum absolute atomic E-state index is 0.137. The van der Waals surface area contributed by atoms with Gasteiger partial charge in [0.1, 0.15) is 0 Å². The van der Waals surface area contributed by atoms with Gasteiger partial charge in [0, 0.05) is 6.04 Å². The second-order valence-electron chi connectivity index (χ2n) is 4.40. The second-order valence-corrected chi connectivity index (χ2v) is 4.40. The van der Waals surface area contributed by atoms with Crippen LogP contribution in [0.3, 0.4) is 0 Å². The van der Waals surface area contributed by atoms with Crippen molar-refractivity contribution in [3.8, 4) is 11.5 Å². The van der Waals surface area contributed by atoms with Crippen LogP contribution in [0.5, 0.6) is 11.5 Å². The maximum atomic E-state index is 12.1. The van der Waals surface area contributed by atoms with Crippen molar-refractivity contribution in [2.45, 2.75) is 32.5 Å². The number of halogens is 3. The first-order valence-corrected chi connectivity index (χ1v) is 6.48. The molecule has 0 radical (unpaired) electrons. The smallest absolute Gasteiger partial charge is 0.392 e. The molecule has 0 amide bonds. The maximum absolute atomic E-state index is 12.1. The fourth-order valence-electron chi connectivity index (χ4n) is 1.77. The van der Waals surface area contributed by atoms with Crippen molar-refractivity contribution in [1.82, 2.24) is 5.32 Å². The van der Waals surface area contributed by atoms with Gasteiger partial charge in [0.2, 0.25) is 0 Å². The van der Waals surface area contributed by atoms with Crippen LogP contribution < -0.4 is 14.8 Å². The van der Waals surface area contributed by atoms with Crippen LogP contribution in [-0.2, 0) is 0 Å². The molecule has 0 spiro atoms. The molecule has 1 unspecified atom stereocenters. The summed E-state index contributed by atoms with van der Waals surface area (Å²) in [6.45, 7) is 4.42. The summed E-state index contributed by atoms with van der Waals surface area (Å²) in [4.78, 5) is 0. The van der Waals surface area contributed by atoms with Crippen molar-refractivity contribution in [1.29, 1.82) is 0 Å². The Labute approximate surface area is 117 Å². The summed E-state index contributed by atoms with van der Waals surface area (Å²) in [5.74, 6) is 0.763. The van der Waals surface area contributed by atoms with E-state index in [4.69, 9.17) is 9.47 Å². The number of nitrogens with one attached hydrogen (secondary N) is 1. The summed E-state index contributed by atoms with van der Waals surface area (Å²) in [6, 6.07) is 5.37. The second kappa shape index (κ2) is 7.38. The summed E-state index contributed by atoms with van der Waals surface area (Å²) in [5.41, 5.74) is 0.992. The van der Waals surface area contributed by atoms with Gasteiger partial charge in [-0.25, -0.2) is 0 Å². The zero-order chi connectivity index (χ0) is 15.2. The number of methoxy groups -OCH3 is 1. The van der Waals surface area contributed by atoms with Gasteiger partial charge in [0.25, 0.3) is 0 Å². The number of rotatable bonds is 7. The lowest BCUT2D eigenvalue weighted by Crippen LogP contribution is -2.17. The predicted octanol–water partition coefficient (Wildman–Crippen LogP) is 3.70. The van der Waals surface area contributed by atoms with Crippen LogP contribution in [0.2, 0.25) is 0 Å². The third kappa shape index (κ3) is 5.28. The first-order valence-electron chi connectivity index (χ1n) is 6.48. The van der Waals surface area contributed by atoms with E-state index in [9.17, 15) is 13.2 Å². The molecule has 0 aliphatic carbocycles. The fourth-order valence-corrected chi connectivity index (χ4v) is 1.77. The molecule has 0 bridgehead atoms. The molecule has 0 aromatic heterocycles. The van der Waals surface area contributed by atoms with Gasteiger partial charge >= 0.3 is 6.18 Å². The Balaban J connectivity index is 2.73. The van der Waals surface area contributed by atoms with Crippen LogP contribution in [0, 0.1) is 0 Å². The molecule has 1 aromatic carbocycles. The number of alkyl halides is 3. The summed E-state index contributed by atoms with van der Waals surface area (Å²) in [5, 5.41) is 3.25. The SMILES string of the molecule is CCNC(C)c1ccc(OCCC(F)(F)F)c(OC)c1. The van der Waals surface area contributed by atoms with Crippen molar-refractivity contribution < 1.29 is 22.6 Å². The molecule has 3 nitrogen and oxygen atoms in total. The van der Waals surface area contributed by atoms with E-state index in [0.717, 1.165) is 12.1 Å². The Morgan fingerprint density at radius 2 is 1.95 bits per heavy atom. The van der Waals surface area contributed by atoms with E-state index in [1.807, 2.05) is 19.9 Å². The van der Waals surface area contributed by atoms with Gasteiger partial charge in [0.15, 0.2) is 11.5 Å². The predicted molar refractivity (Wildman–Crippen MR) is 71.3 cm³/mol. The summed E-state index contributed by atoms with van der Waals surface area (Å²) < 4.78 is 46.5. The molecule has 1 N–H and O–H groups in total. The lowest BCUT2D eigenvalue weighted by atomic mass is 10.1. The molecule has 0 saturated carbocycles.